The Bertz CT molecular complexity index is 462. The quantitative estimate of drug-likeness (QED) is 0.858. The molecule has 0 heterocycles. The van der Waals surface area contributed by atoms with Gasteiger partial charge in [0.2, 0.25) is 0 Å². The summed E-state index contributed by atoms with van der Waals surface area (Å²) in [5, 5.41) is 11.8. The fourth-order valence-electron chi connectivity index (χ4n) is 2.01. The highest BCUT2D eigenvalue weighted by Gasteiger charge is 2.25. The predicted molar refractivity (Wildman–Crippen MR) is 74.3 cm³/mol. The van der Waals surface area contributed by atoms with Crippen LogP contribution >= 0.6 is 0 Å². The van der Waals surface area contributed by atoms with Crippen molar-refractivity contribution in [1.29, 1.82) is 0 Å². The van der Waals surface area contributed by atoms with E-state index >= 15 is 0 Å². The van der Waals surface area contributed by atoms with Crippen LogP contribution in [0.25, 0.3) is 0 Å². The average molecular weight is 263 g/mol. The Morgan fingerprint density at radius 3 is 2.16 bits per heavy atom. The van der Waals surface area contributed by atoms with Gasteiger partial charge in [-0.2, -0.15) is 0 Å². The molecule has 19 heavy (non-hydrogen) atoms. The molecule has 104 valence electrons. The number of rotatable bonds is 5. The minimum Gasteiger partial charge on any atom is -0.480 e. The highest BCUT2D eigenvalue weighted by molar-refractivity contribution is 5.97. The lowest BCUT2D eigenvalue weighted by Crippen LogP contribution is -2.45. The third-order valence-corrected chi connectivity index (χ3v) is 3.25. The Balaban J connectivity index is 2.90. The maximum absolute atomic E-state index is 12.1. The molecule has 2 atom stereocenters. The molecule has 1 aromatic carbocycles. The van der Waals surface area contributed by atoms with Gasteiger partial charge in [-0.3, -0.25) is 4.79 Å². The van der Waals surface area contributed by atoms with Crippen molar-refractivity contribution < 1.29 is 14.7 Å². The van der Waals surface area contributed by atoms with E-state index in [0.29, 0.717) is 12.0 Å². The normalized spacial score (nSPS) is 13.7. The second-order valence-electron chi connectivity index (χ2n) is 5.05. The Kier molecular flexibility index (Phi) is 5.10. The third kappa shape index (κ3) is 4.09. The number of carbonyl (C=O) groups excluding carboxylic acids is 1. The predicted octanol–water partition coefficient (Wildman–Crippen LogP) is 2.53. The molecular weight excluding hydrogens is 242 g/mol. The van der Waals surface area contributed by atoms with Crippen LogP contribution in [0.15, 0.2) is 18.2 Å². The summed E-state index contributed by atoms with van der Waals surface area (Å²) in [6.45, 7) is 7.55. The number of amides is 1. The smallest absolute Gasteiger partial charge is 0.326 e. The first-order chi connectivity index (χ1) is 8.85. The van der Waals surface area contributed by atoms with Crippen LogP contribution in [-0.4, -0.2) is 23.0 Å². The summed E-state index contributed by atoms with van der Waals surface area (Å²) in [5.74, 6) is -1.43. The van der Waals surface area contributed by atoms with Crippen LogP contribution in [0.2, 0.25) is 0 Å². The minimum absolute atomic E-state index is 0.104. The zero-order valence-electron chi connectivity index (χ0n) is 11.9. The average Bonchev–Trinajstić information content (AvgIpc) is 2.33. The van der Waals surface area contributed by atoms with E-state index in [1.54, 1.807) is 12.1 Å². The van der Waals surface area contributed by atoms with E-state index in [4.69, 9.17) is 5.11 Å². The van der Waals surface area contributed by atoms with E-state index in [0.717, 1.165) is 11.1 Å². The highest BCUT2D eigenvalue weighted by Crippen LogP contribution is 2.12. The van der Waals surface area contributed by atoms with Gasteiger partial charge >= 0.3 is 5.97 Å². The highest BCUT2D eigenvalue weighted by atomic mass is 16.4. The molecule has 0 bridgehead atoms. The van der Waals surface area contributed by atoms with Crippen molar-refractivity contribution in [1.82, 2.24) is 5.32 Å². The van der Waals surface area contributed by atoms with Gasteiger partial charge in [-0.1, -0.05) is 37.5 Å². The van der Waals surface area contributed by atoms with E-state index in [9.17, 15) is 9.59 Å². The monoisotopic (exact) mass is 263 g/mol. The second-order valence-corrected chi connectivity index (χ2v) is 5.05. The number of carboxylic acids is 1. The summed E-state index contributed by atoms with van der Waals surface area (Å²) in [4.78, 5) is 23.3. The lowest BCUT2D eigenvalue weighted by molar-refractivity contribution is -0.140. The number of nitrogens with one attached hydrogen (secondary N) is 1. The summed E-state index contributed by atoms with van der Waals surface area (Å²) in [5.41, 5.74) is 2.48. The number of benzene rings is 1. The van der Waals surface area contributed by atoms with E-state index in [-0.39, 0.29) is 11.8 Å². The van der Waals surface area contributed by atoms with Crippen LogP contribution in [0.1, 0.15) is 41.8 Å². The van der Waals surface area contributed by atoms with Gasteiger partial charge < -0.3 is 10.4 Å². The van der Waals surface area contributed by atoms with Crippen LogP contribution in [0, 0.1) is 19.8 Å². The molecule has 4 heteroatoms. The molecular formula is C15H21NO3. The fraction of sp³-hybridized carbons (Fsp3) is 0.467. The molecule has 1 unspecified atom stereocenters. The molecule has 0 radical (unpaired) electrons. The molecule has 1 aromatic rings. The number of hydrogen-bond acceptors (Lipinski definition) is 2. The maximum Gasteiger partial charge on any atom is 0.326 e. The van der Waals surface area contributed by atoms with Gasteiger partial charge in [-0.25, -0.2) is 4.79 Å². The summed E-state index contributed by atoms with van der Waals surface area (Å²) in [7, 11) is 0. The van der Waals surface area contributed by atoms with E-state index in [2.05, 4.69) is 5.32 Å². The maximum atomic E-state index is 12.1. The van der Waals surface area contributed by atoms with Crippen molar-refractivity contribution in [3.8, 4) is 0 Å². The molecule has 0 aliphatic heterocycles. The van der Waals surface area contributed by atoms with Gasteiger partial charge in [0.15, 0.2) is 0 Å². The molecule has 0 saturated heterocycles. The Morgan fingerprint density at radius 2 is 1.74 bits per heavy atom. The standard InChI is InChI=1S/C15H21NO3/c1-5-11(4)13(15(18)19)16-14(17)12-7-9(2)6-10(3)8-12/h6-8,11,13H,5H2,1-4H3,(H,16,17)(H,18,19)/t11?,13-/m0/s1. The SMILES string of the molecule is CCC(C)[C@H](NC(=O)c1cc(C)cc(C)c1)C(=O)O. The fourth-order valence-corrected chi connectivity index (χ4v) is 2.01. The van der Waals surface area contributed by atoms with Crippen molar-refractivity contribution in [2.45, 2.75) is 40.2 Å². The third-order valence-electron chi connectivity index (χ3n) is 3.25. The first-order valence-corrected chi connectivity index (χ1v) is 6.47. The molecule has 0 fully saturated rings. The summed E-state index contributed by atoms with van der Waals surface area (Å²) in [6, 6.07) is 4.65. The van der Waals surface area contributed by atoms with E-state index in [1.807, 2.05) is 33.8 Å². The van der Waals surface area contributed by atoms with Gasteiger partial charge in [0.05, 0.1) is 0 Å². The summed E-state index contributed by atoms with van der Waals surface area (Å²) >= 11 is 0. The molecule has 2 N–H and O–H groups in total. The van der Waals surface area contributed by atoms with Crippen molar-refractivity contribution in [3.63, 3.8) is 0 Å². The zero-order valence-corrected chi connectivity index (χ0v) is 11.9. The topological polar surface area (TPSA) is 66.4 Å². The van der Waals surface area contributed by atoms with Gasteiger partial charge in [0.1, 0.15) is 6.04 Å². The van der Waals surface area contributed by atoms with Gasteiger partial charge in [-0.05, 0) is 31.9 Å². The van der Waals surface area contributed by atoms with Crippen LogP contribution < -0.4 is 5.32 Å². The molecule has 0 aliphatic rings. The largest absolute Gasteiger partial charge is 0.480 e. The summed E-state index contributed by atoms with van der Waals surface area (Å²) < 4.78 is 0. The van der Waals surface area contributed by atoms with Gasteiger partial charge in [-0.15, -0.1) is 0 Å². The first kappa shape index (κ1) is 15.2. The molecule has 1 rings (SSSR count). The molecule has 1 amide bonds. The molecule has 0 aromatic heterocycles. The van der Waals surface area contributed by atoms with Crippen LogP contribution in [0.4, 0.5) is 0 Å². The van der Waals surface area contributed by atoms with Crippen LogP contribution in [0.5, 0.6) is 0 Å². The lowest BCUT2D eigenvalue weighted by Gasteiger charge is -2.20. The summed E-state index contributed by atoms with van der Waals surface area (Å²) in [6.07, 6.45) is 0.699. The number of aryl methyl sites for hydroxylation is 2. The minimum atomic E-state index is -0.993. The number of carboxylic acid groups (broad SMARTS) is 1. The molecule has 4 nitrogen and oxygen atoms in total. The molecule has 0 aliphatic carbocycles. The lowest BCUT2D eigenvalue weighted by atomic mass is 9.98. The van der Waals surface area contributed by atoms with Crippen molar-refractivity contribution in [2.24, 2.45) is 5.92 Å². The van der Waals surface area contributed by atoms with Crippen LogP contribution in [0.3, 0.4) is 0 Å². The van der Waals surface area contributed by atoms with Gasteiger partial charge in [0, 0.05) is 5.56 Å². The molecule has 0 spiro atoms. The van der Waals surface area contributed by atoms with Crippen LogP contribution in [-0.2, 0) is 4.79 Å². The number of aliphatic carboxylic acids is 1. The Labute approximate surface area is 113 Å². The van der Waals surface area contributed by atoms with E-state index < -0.39 is 12.0 Å². The van der Waals surface area contributed by atoms with Crippen molar-refractivity contribution >= 4 is 11.9 Å². The first-order valence-electron chi connectivity index (χ1n) is 6.47. The number of hydrogen-bond donors (Lipinski definition) is 2. The Morgan fingerprint density at radius 1 is 1.21 bits per heavy atom. The Hall–Kier alpha value is -1.84. The second kappa shape index (κ2) is 6.36. The number of carbonyl (C=O) groups is 2. The van der Waals surface area contributed by atoms with Crippen molar-refractivity contribution in [3.05, 3.63) is 34.9 Å². The van der Waals surface area contributed by atoms with Gasteiger partial charge in [0.25, 0.3) is 5.91 Å². The van der Waals surface area contributed by atoms with Crippen molar-refractivity contribution in [2.75, 3.05) is 0 Å². The molecule has 0 saturated carbocycles. The zero-order chi connectivity index (χ0) is 14.6. The van der Waals surface area contributed by atoms with E-state index in [1.165, 1.54) is 0 Å².